The van der Waals surface area contributed by atoms with Gasteiger partial charge in [0.05, 0.1) is 12.4 Å². The normalized spacial score (nSPS) is 19.6. The van der Waals surface area contributed by atoms with E-state index in [1.165, 1.54) is 9.13 Å². The molecule has 2 rings (SSSR count). The molecule has 0 saturated carbocycles. The number of hydrogen-bond donors (Lipinski definition) is 0. The van der Waals surface area contributed by atoms with Crippen molar-refractivity contribution in [3.8, 4) is 0 Å². The van der Waals surface area contributed by atoms with Crippen molar-refractivity contribution < 1.29 is 14.3 Å². The van der Waals surface area contributed by atoms with Gasteiger partial charge in [-0.1, -0.05) is 19.1 Å². The molecule has 1 aromatic carbocycles. The van der Waals surface area contributed by atoms with Gasteiger partial charge in [-0.25, -0.2) is 4.79 Å². The molecule has 1 aliphatic rings. The first kappa shape index (κ1) is 20.5. The second-order valence-electron chi connectivity index (χ2n) is 7.02. The van der Waals surface area contributed by atoms with Crippen molar-refractivity contribution in [2.75, 3.05) is 19.5 Å². The van der Waals surface area contributed by atoms with Gasteiger partial charge in [0, 0.05) is 17.0 Å². The summed E-state index contributed by atoms with van der Waals surface area (Å²) in [6, 6.07) is 8.46. The van der Waals surface area contributed by atoms with Gasteiger partial charge in [0.25, 0.3) is 0 Å². The highest BCUT2D eigenvalue weighted by Gasteiger charge is 2.31. The Morgan fingerprint density at radius 2 is 2.20 bits per heavy atom. The summed E-state index contributed by atoms with van der Waals surface area (Å²) < 4.78 is 6.53. The van der Waals surface area contributed by atoms with Crippen LogP contribution in [-0.2, 0) is 14.9 Å². The highest BCUT2D eigenvalue weighted by molar-refractivity contribution is 14.1. The Labute approximate surface area is 168 Å². The van der Waals surface area contributed by atoms with Crippen molar-refractivity contribution in [1.82, 2.24) is 4.90 Å². The molecule has 1 saturated heterocycles. The molecule has 0 N–H and O–H groups in total. The largest absolute Gasteiger partial charge is 0.444 e. The molecule has 2 unspecified atom stereocenters. The van der Waals surface area contributed by atoms with E-state index < -0.39 is 0 Å². The third-order valence-electron chi connectivity index (χ3n) is 4.94. The predicted molar refractivity (Wildman–Crippen MR) is 108 cm³/mol. The van der Waals surface area contributed by atoms with E-state index in [0.29, 0.717) is 13.0 Å². The molecule has 0 radical (unpaired) electrons. The summed E-state index contributed by atoms with van der Waals surface area (Å²) in [5, 5.41) is 0. The van der Waals surface area contributed by atoms with Gasteiger partial charge in [0.1, 0.15) is 11.9 Å². The minimum absolute atomic E-state index is 0.0258. The first-order valence-corrected chi connectivity index (χ1v) is 10.2. The summed E-state index contributed by atoms with van der Waals surface area (Å²) in [4.78, 5) is 24.8. The monoisotopic (exact) mass is 477 g/mol. The van der Waals surface area contributed by atoms with Crippen LogP contribution in [0.4, 0.5) is 4.79 Å². The van der Waals surface area contributed by atoms with E-state index in [4.69, 9.17) is 16.3 Å². The van der Waals surface area contributed by atoms with Gasteiger partial charge >= 0.3 is 6.09 Å². The zero-order valence-electron chi connectivity index (χ0n) is 14.8. The summed E-state index contributed by atoms with van der Waals surface area (Å²) in [5.74, 6) is 0.164. The molecule has 1 aliphatic heterocycles. The van der Waals surface area contributed by atoms with E-state index >= 15 is 0 Å². The maximum atomic E-state index is 11.7. The first-order chi connectivity index (χ1) is 11.8. The Kier molecular flexibility index (Phi) is 7.55. The SMILES string of the molecule is CN1CC(CCCC(C)(CCC(=O)CCl)c2cccc(I)c2)OC1=O. The smallest absolute Gasteiger partial charge is 0.409 e. The number of ether oxygens (including phenoxy) is 1. The maximum Gasteiger partial charge on any atom is 0.409 e. The summed E-state index contributed by atoms with van der Waals surface area (Å²) in [6.07, 6.45) is 3.75. The lowest BCUT2D eigenvalue weighted by atomic mass is 9.74. The van der Waals surface area contributed by atoms with E-state index in [-0.39, 0.29) is 29.3 Å². The number of carbonyl (C=O) groups excluding carboxylic acids is 2. The first-order valence-electron chi connectivity index (χ1n) is 8.59. The van der Waals surface area contributed by atoms with Crippen LogP contribution in [0.3, 0.4) is 0 Å². The average molecular weight is 478 g/mol. The van der Waals surface area contributed by atoms with E-state index in [0.717, 1.165) is 25.7 Å². The molecule has 0 aromatic heterocycles. The van der Waals surface area contributed by atoms with Gasteiger partial charge in [-0.05, 0) is 71.4 Å². The van der Waals surface area contributed by atoms with E-state index in [1.807, 2.05) is 0 Å². The predicted octanol–water partition coefficient (Wildman–Crippen LogP) is 4.76. The van der Waals surface area contributed by atoms with Crippen LogP contribution in [0.25, 0.3) is 0 Å². The molecule has 138 valence electrons. The third-order valence-corrected chi connectivity index (χ3v) is 5.91. The van der Waals surface area contributed by atoms with Gasteiger partial charge in [0.15, 0.2) is 0 Å². The van der Waals surface area contributed by atoms with Gasteiger partial charge in [-0.15, -0.1) is 11.6 Å². The average Bonchev–Trinajstić information content (AvgIpc) is 2.90. The van der Waals surface area contributed by atoms with Crippen molar-refractivity contribution >= 4 is 46.1 Å². The zero-order chi connectivity index (χ0) is 18.4. The molecule has 6 heteroatoms. The van der Waals surface area contributed by atoms with Crippen LogP contribution in [0.2, 0.25) is 0 Å². The van der Waals surface area contributed by atoms with Gasteiger partial charge in [0.2, 0.25) is 0 Å². The lowest BCUT2D eigenvalue weighted by Gasteiger charge is -2.31. The molecular formula is C19H25ClINO3. The number of hydrogen-bond acceptors (Lipinski definition) is 3. The summed E-state index contributed by atoms with van der Waals surface area (Å²) in [7, 11) is 1.76. The minimum Gasteiger partial charge on any atom is -0.444 e. The Hall–Kier alpha value is -0.820. The lowest BCUT2D eigenvalue weighted by Crippen LogP contribution is -2.25. The lowest BCUT2D eigenvalue weighted by molar-refractivity contribution is -0.117. The number of ketones is 1. The van der Waals surface area contributed by atoms with Crippen LogP contribution >= 0.6 is 34.2 Å². The van der Waals surface area contributed by atoms with E-state index in [2.05, 4.69) is 53.8 Å². The Bertz CT molecular complexity index is 624. The second-order valence-corrected chi connectivity index (χ2v) is 8.53. The summed E-state index contributed by atoms with van der Waals surface area (Å²) in [5.41, 5.74) is 1.17. The highest BCUT2D eigenvalue weighted by Crippen LogP contribution is 2.35. The number of carbonyl (C=O) groups is 2. The topological polar surface area (TPSA) is 46.6 Å². The van der Waals surface area contributed by atoms with Crippen LogP contribution in [0.1, 0.15) is 44.6 Å². The number of benzene rings is 1. The van der Waals surface area contributed by atoms with Crippen molar-refractivity contribution in [3.63, 3.8) is 0 Å². The molecule has 25 heavy (non-hydrogen) atoms. The van der Waals surface area contributed by atoms with Gasteiger partial charge in [-0.2, -0.15) is 0 Å². The quantitative estimate of drug-likeness (QED) is 0.381. The molecule has 0 aliphatic carbocycles. The van der Waals surface area contributed by atoms with Crippen molar-refractivity contribution in [2.24, 2.45) is 0 Å². The van der Waals surface area contributed by atoms with Crippen LogP contribution in [0.5, 0.6) is 0 Å². The van der Waals surface area contributed by atoms with Gasteiger partial charge in [-0.3, -0.25) is 4.79 Å². The number of likely N-dealkylation sites (N-methyl/N-ethyl adjacent to an activating group) is 1. The maximum absolute atomic E-state index is 11.7. The van der Waals surface area contributed by atoms with Crippen LogP contribution in [0, 0.1) is 3.57 Å². The van der Waals surface area contributed by atoms with E-state index in [1.54, 1.807) is 11.9 Å². The van der Waals surface area contributed by atoms with Crippen molar-refractivity contribution in [1.29, 1.82) is 0 Å². The van der Waals surface area contributed by atoms with Crippen molar-refractivity contribution in [3.05, 3.63) is 33.4 Å². The van der Waals surface area contributed by atoms with Crippen LogP contribution in [-0.4, -0.2) is 42.4 Å². The highest BCUT2D eigenvalue weighted by atomic mass is 127. The summed E-state index contributed by atoms with van der Waals surface area (Å²) >= 11 is 7.98. The van der Waals surface area contributed by atoms with Crippen LogP contribution < -0.4 is 0 Å². The molecule has 1 amide bonds. The second kappa shape index (κ2) is 9.21. The fraction of sp³-hybridized carbons (Fsp3) is 0.579. The standard InChI is InChI=1S/C19H25ClINO3/c1-19(10-8-16(23)12-20,14-5-3-6-15(21)11-14)9-4-7-17-13-22(2)18(24)25-17/h3,5-6,11,17H,4,7-10,12-13H2,1-2H3. The Morgan fingerprint density at radius 3 is 2.80 bits per heavy atom. The molecule has 0 spiro atoms. The van der Waals surface area contributed by atoms with E-state index in [9.17, 15) is 9.59 Å². The molecule has 4 nitrogen and oxygen atoms in total. The zero-order valence-corrected chi connectivity index (χ0v) is 17.7. The van der Waals surface area contributed by atoms with Crippen molar-refractivity contribution in [2.45, 2.75) is 50.5 Å². The number of rotatable bonds is 9. The minimum atomic E-state index is -0.238. The molecule has 1 fully saturated rings. The van der Waals surface area contributed by atoms with Crippen LogP contribution in [0.15, 0.2) is 24.3 Å². The third kappa shape index (κ3) is 5.84. The number of alkyl halides is 1. The molecule has 0 bridgehead atoms. The number of cyclic esters (lactones) is 1. The fourth-order valence-electron chi connectivity index (χ4n) is 3.28. The number of amides is 1. The number of halogens is 2. The Morgan fingerprint density at radius 1 is 1.44 bits per heavy atom. The molecule has 2 atom stereocenters. The summed E-state index contributed by atoms with van der Waals surface area (Å²) in [6.45, 7) is 2.87. The molecule has 1 aromatic rings. The van der Waals surface area contributed by atoms with Gasteiger partial charge < -0.3 is 9.64 Å². The Balaban J connectivity index is 2.01. The molecular weight excluding hydrogens is 453 g/mol. The number of nitrogens with zero attached hydrogens (tertiary/aromatic N) is 1. The number of Topliss-reactive ketones (excluding diaryl/α,β-unsaturated/α-hetero) is 1. The fourth-order valence-corrected chi connectivity index (χ4v) is 3.96. The molecule has 1 heterocycles.